The van der Waals surface area contributed by atoms with E-state index < -0.39 is 0 Å². The first-order valence-electron chi connectivity index (χ1n) is 5.74. The molecule has 0 N–H and O–H groups in total. The van der Waals surface area contributed by atoms with Crippen LogP contribution >= 0.6 is 0 Å². The molecule has 0 spiro atoms. The van der Waals surface area contributed by atoms with Crippen LogP contribution in [0.1, 0.15) is 11.1 Å². The van der Waals surface area contributed by atoms with E-state index >= 15 is 0 Å². The monoisotopic (exact) mass is 258 g/mol. The van der Waals surface area contributed by atoms with Crippen molar-refractivity contribution in [1.82, 2.24) is 0 Å². The Bertz CT molecular complexity index is 570. The van der Waals surface area contributed by atoms with Crippen LogP contribution in [-0.4, -0.2) is 13.3 Å². The summed E-state index contributed by atoms with van der Waals surface area (Å²) in [6, 6.07) is 13.5. The third-order valence-corrected chi connectivity index (χ3v) is 2.43. The van der Waals surface area contributed by atoms with Crippen molar-refractivity contribution in [2.24, 2.45) is 5.16 Å². The number of methoxy groups -OCH3 is 1. The van der Waals surface area contributed by atoms with Crippen molar-refractivity contribution in [2.75, 3.05) is 7.11 Å². The highest BCUT2D eigenvalue weighted by Crippen LogP contribution is 2.11. The zero-order valence-electron chi connectivity index (χ0n) is 10.5. The Balaban J connectivity index is 1.89. The highest BCUT2D eigenvalue weighted by atomic mass is 19.1. The summed E-state index contributed by atoms with van der Waals surface area (Å²) in [5.74, 6) is 0.437. The Morgan fingerprint density at radius 1 is 1.16 bits per heavy atom. The van der Waals surface area contributed by atoms with Gasteiger partial charge >= 0.3 is 0 Å². The molecule has 0 unspecified atom stereocenters. The third-order valence-electron chi connectivity index (χ3n) is 2.43. The molecule has 2 rings (SSSR count). The van der Waals surface area contributed by atoms with Gasteiger partial charge in [-0.05, 0) is 29.8 Å². The second kappa shape index (κ2) is 6.54. The van der Waals surface area contributed by atoms with Gasteiger partial charge in [-0.2, -0.15) is 0 Å². The van der Waals surface area contributed by atoms with Gasteiger partial charge in [-0.15, -0.1) is 0 Å². The molecule has 0 aromatic heterocycles. The highest BCUT2D eigenvalue weighted by Gasteiger charge is 1.96. The van der Waals surface area contributed by atoms with Gasteiger partial charge in [0, 0.05) is 5.56 Å². The Hall–Kier alpha value is -2.36. The average molecular weight is 258 g/mol. The zero-order valence-corrected chi connectivity index (χ0v) is 10.5. The Kier molecular flexibility index (Phi) is 4.50. The Labute approximate surface area is 111 Å². The maximum Gasteiger partial charge on any atom is 0.142 e. The summed E-state index contributed by atoms with van der Waals surface area (Å²) < 4.78 is 18.0. The van der Waals surface area contributed by atoms with Crippen LogP contribution in [0.5, 0.6) is 5.75 Å². The highest BCUT2D eigenvalue weighted by molar-refractivity contribution is 5.79. The SMILES string of the molecule is COc1cccc(/[C]=N\OCc2cccc(F)c2)c1. The average Bonchev–Trinajstić information content (AvgIpc) is 2.44. The molecule has 0 aliphatic carbocycles. The van der Waals surface area contributed by atoms with Gasteiger partial charge in [0.25, 0.3) is 0 Å². The second-order valence-corrected chi connectivity index (χ2v) is 3.84. The van der Waals surface area contributed by atoms with Crippen LogP contribution in [-0.2, 0) is 11.4 Å². The number of halogens is 1. The predicted octanol–water partition coefficient (Wildman–Crippen LogP) is 3.26. The minimum absolute atomic E-state index is 0.203. The molecule has 19 heavy (non-hydrogen) atoms. The van der Waals surface area contributed by atoms with E-state index in [0.29, 0.717) is 0 Å². The van der Waals surface area contributed by atoms with Gasteiger partial charge in [-0.25, -0.2) is 4.39 Å². The number of rotatable bonds is 5. The van der Waals surface area contributed by atoms with E-state index in [4.69, 9.17) is 9.57 Å². The second-order valence-electron chi connectivity index (χ2n) is 3.84. The molecule has 2 aromatic rings. The molecule has 0 saturated carbocycles. The first kappa shape index (κ1) is 13.1. The van der Waals surface area contributed by atoms with Crippen molar-refractivity contribution in [1.29, 1.82) is 0 Å². The van der Waals surface area contributed by atoms with Crippen molar-refractivity contribution in [3.8, 4) is 5.75 Å². The molecule has 1 radical (unpaired) electrons. The van der Waals surface area contributed by atoms with Crippen LogP contribution in [0.4, 0.5) is 4.39 Å². The first-order chi connectivity index (χ1) is 9.28. The van der Waals surface area contributed by atoms with Crippen molar-refractivity contribution in [3.63, 3.8) is 0 Å². The molecule has 0 bridgehead atoms. The van der Waals surface area contributed by atoms with Gasteiger partial charge in [-0.3, -0.25) is 0 Å². The smallest absolute Gasteiger partial charge is 0.142 e. The molecule has 3 nitrogen and oxygen atoms in total. The molecular formula is C15H13FNO2. The maximum absolute atomic E-state index is 12.9. The van der Waals surface area contributed by atoms with Gasteiger partial charge in [0.1, 0.15) is 24.4 Å². The summed E-state index contributed by atoms with van der Waals surface area (Å²) in [5, 5.41) is 3.71. The normalized spacial score (nSPS) is 10.6. The predicted molar refractivity (Wildman–Crippen MR) is 70.7 cm³/mol. The van der Waals surface area contributed by atoms with Crippen molar-refractivity contribution >= 4 is 6.21 Å². The van der Waals surface area contributed by atoms with Crippen molar-refractivity contribution in [2.45, 2.75) is 6.61 Å². The zero-order chi connectivity index (χ0) is 13.5. The fourth-order valence-corrected chi connectivity index (χ4v) is 1.51. The molecule has 0 saturated heterocycles. The minimum atomic E-state index is -0.290. The van der Waals surface area contributed by atoms with Gasteiger partial charge in [0.05, 0.1) is 7.11 Å². The summed E-state index contributed by atoms with van der Waals surface area (Å²) in [5.41, 5.74) is 1.47. The van der Waals surface area contributed by atoms with E-state index in [1.807, 2.05) is 18.2 Å². The van der Waals surface area contributed by atoms with Crippen LogP contribution in [0, 0.1) is 5.82 Å². The van der Waals surface area contributed by atoms with Crippen LogP contribution in [0.3, 0.4) is 0 Å². The molecule has 0 atom stereocenters. The largest absolute Gasteiger partial charge is 0.497 e. The summed E-state index contributed by atoms with van der Waals surface area (Å²) in [4.78, 5) is 5.06. The van der Waals surface area contributed by atoms with E-state index in [1.54, 1.807) is 25.3 Å². The molecule has 2 aromatic carbocycles. The molecule has 0 heterocycles. The molecule has 0 amide bonds. The maximum atomic E-state index is 12.9. The molecule has 0 aliphatic heterocycles. The molecule has 97 valence electrons. The lowest BCUT2D eigenvalue weighted by atomic mass is 10.2. The van der Waals surface area contributed by atoms with Crippen LogP contribution in [0.15, 0.2) is 53.7 Å². The van der Waals surface area contributed by atoms with E-state index in [-0.39, 0.29) is 12.4 Å². The summed E-state index contributed by atoms with van der Waals surface area (Å²) >= 11 is 0. The Morgan fingerprint density at radius 2 is 2.00 bits per heavy atom. The summed E-state index contributed by atoms with van der Waals surface area (Å²) in [7, 11) is 1.59. The van der Waals surface area contributed by atoms with Crippen LogP contribution < -0.4 is 4.74 Å². The topological polar surface area (TPSA) is 30.8 Å². The lowest BCUT2D eigenvalue weighted by molar-refractivity contribution is 0.132. The first-order valence-corrected chi connectivity index (χ1v) is 5.74. The van der Waals surface area contributed by atoms with Gasteiger partial charge in [-0.1, -0.05) is 29.4 Å². The third kappa shape index (κ3) is 4.10. The number of ether oxygens (including phenoxy) is 1. The number of hydrogen-bond acceptors (Lipinski definition) is 3. The fraction of sp³-hybridized carbons (Fsp3) is 0.133. The Morgan fingerprint density at radius 3 is 2.79 bits per heavy atom. The van der Waals surface area contributed by atoms with Gasteiger partial charge < -0.3 is 9.57 Å². The molecular weight excluding hydrogens is 245 g/mol. The van der Waals surface area contributed by atoms with Crippen LogP contribution in [0.2, 0.25) is 0 Å². The lowest BCUT2D eigenvalue weighted by Crippen LogP contribution is -1.90. The number of hydrogen-bond donors (Lipinski definition) is 0. The fourth-order valence-electron chi connectivity index (χ4n) is 1.51. The van der Waals surface area contributed by atoms with Gasteiger partial charge in [0.2, 0.25) is 0 Å². The van der Waals surface area contributed by atoms with Crippen molar-refractivity contribution < 1.29 is 14.0 Å². The van der Waals surface area contributed by atoms with Crippen LogP contribution in [0.25, 0.3) is 0 Å². The molecule has 0 aliphatic rings. The van der Waals surface area contributed by atoms with E-state index in [1.165, 1.54) is 12.1 Å². The number of benzene rings is 2. The van der Waals surface area contributed by atoms with Gasteiger partial charge in [0.15, 0.2) is 0 Å². The lowest BCUT2D eigenvalue weighted by Gasteiger charge is -2.00. The summed E-state index contributed by atoms with van der Waals surface area (Å²) in [6.45, 7) is 0.203. The van der Waals surface area contributed by atoms with E-state index in [2.05, 4.69) is 11.4 Å². The number of nitrogens with zero attached hydrogens (tertiary/aromatic N) is 1. The summed E-state index contributed by atoms with van der Waals surface area (Å²) in [6.07, 6.45) is 2.73. The molecule has 4 heteroatoms. The minimum Gasteiger partial charge on any atom is -0.497 e. The standard InChI is InChI=1S/C15H13FNO2/c1-18-15-7-3-4-12(9-15)10-17-19-11-13-5-2-6-14(16)8-13/h2-9H,11H2,1H3. The van der Waals surface area contributed by atoms with E-state index in [0.717, 1.165) is 16.9 Å². The van der Waals surface area contributed by atoms with Crippen molar-refractivity contribution in [3.05, 3.63) is 65.5 Å². The van der Waals surface area contributed by atoms with E-state index in [9.17, 15) is 4.39 Å². The molecule has 0 fully saturated rings. The quantitative estimate of drug-likeness (QED) is 0.608.